The molecule has 0 bridgehead atoms. The largest absolute Gasteiger partial charge is 0.422 e. The number of fused-ring (bicyclic) bond motifs is 1. The van der Waals surface area contributed by atoms with E-state index >= 15 is 0 Å². The molecule has 0 aliphatic carbocycles. The van der Waals surface area contributed by atoms with Crippen molar-refractivity contribution >= 4 is 22.3 Å². The topological polar surface area (TPSA) is 46.8 Å². The van der Waals surface area contributed by atoms with Gasteiger partial charge in [0.1, 0.15) is 18.2 Å². The summed E-state index contributed by atoms with van der Waals surface area (Å²) >= 11 is 1.77. The predicted octanol–water partition coefficient (Wildman–Crippen LogP) is 4.89. The molecule has 2 heterocycles. The quantitative estimate of drug-likeness (QED) is 0.465. The van der Waals surface area contributed by atoms with Crippen LogP contribution in [0.15, 0.2) is 69.2 Å². The number of quaternary nitrogens is 1. The van der Waals surface area contributed by atoms with Crippen molar-refractivity contribution in [2.24, 2.45) is 0 Å². The fraction of sp³-hybridized carbons (Fsp3) is 0.240. The van der Waals surface area contributed by atoms with Crippen LogP contribution in [0.1, 0.15) is 45.7 Å². The molecule has 0 aliphatic rings. The van der Waals surface area contributed by atoms with Gasteiger partial charge in [0.05, 0.1) is 4.88 Å². The van der Waals surface area contributed by atoms with Crippen LogP contribution in [-0.4, -0.2) is 0 Å². The Kier molecular flexibility index (Phi) is 5.65. The van der Waals surface area contributed by atoms with E-state index in [2.05, 4.69) is 66.2 Å². The second-order valence-corrected chi connectivity index (χ2v) is 8.48. The average molecular weight is 405 g/mol. The summed E-state index contributed by atoms with van der Waals surface area (Å²) in [6.45, 7) is 6.94. The van der Waals surface area contributed by atoms with E-state index < -0.39 is 0 Å². The van der Waals surface area contributed by atoms with Crippen LogP contribution in [0, 0.1) is 13.8 Å². The Morgan fingerprint density at radius 1 is 1.07 bits per heavy atom. The summed E-state index contributed by atoms with van der Waals surface area (Å²) < 4.78 is 5.54. The number of benzene rings is 2. The van der Waals surface area contributed by atoms with Crippen molar-refractivity contribution in [3.05, 3.63) is 103 Å². The fourth-order valence-corrected chi connectivity index (χ4v) is 4.63. The van der Waals surface area contributed by atoms with Crippen molar-refractivity contribution in [2.45, 2.75) is 39.8 Å². The molecule has 2 N–H and O–H groups in total. The first-order chi connectivity index (χ1) is 14.1. The van der Waals surface area contributed by atoms with E-state index in [4.69, 9.17) is 4.42 Å². The van der Waals surface area contributed by atoms with Crippen LogP contribution in [-0.2, 0) is 13.0 Å². The summed E-state index contributed by atoms with van der Waals surface area (Å²) in [5, 5.41) is 5.46. The second kappa shape index (κ2) is 8.36. The molecule has 0 spiro atoms. The SMILES string of the molecule is CCc1ccc([C@H]([NH2+]Cc2cc(=O)oc3c(C)c(C)ccc23)c2cccs2)cc1. The standard InChI is InChI=1S/C25H25NO2S/c1-4-18-8-10-19(11-9-18)24(22-6-5-13-29-22)26-15-20-14-23(27)28-25-17(3)16(2)7-12-21(20)25/h5-14,24,26H,4,15H2,1-3H3/p+1/t24-/m0/s1. The van der Waals surface area contributed by atoms with Crippen LogP contribution in [0.4, 0.5) is 0 Å². The maximum Gasteiger partial charge on any atom is 0.336 e. The highest BCUT2D eigenvalue weighted by Crippen LogP contribution is 2.25. The van der Waals surface area contributed by atoms with E-state index in [9.17, 15) is 4.79 Å². The van der Waals surface area contributed by atoms with Crippen LogP contribution >= 0.6 is 11.3 Å². The van der Waals surface area contributed by atoms with Crippen LogP contribution in [0.2, 0.25) is 0 Å². The molecule has 1 atom stereocenters. The molecule has 29 heavy (non-hydrogen) atoms. The molecule has 148 valence electrons. The minimum atomic E-state index is -0.283. The van der Waals surface area contributed by atoms with Crippen molar-refractivity contribution in [1.29, 1.82) is 0 Å². The first-order valence-electron chi connectivity index (χ1n) is 10.1. The monoisotopic (exact) mass is 404 g/mol. The van der Waals surface area contributed by atoms with Gasteiger partial charge in [0.2, 0.25) is 0 Å². The van der Waals surface area contributed by atoms with E-state index in [0.717, 1.165) is 28.5 Å². The zero-order valence-electron chi connectivity index (χ0n) is 17.1. The van der Waals surface area contributed by atoms with Gasteiger partial charge in [-0.2, -0.15) is 0 Å². The Labute approximate surface area is 175 Å². The second-order valence-electron chi connectivity index (χ2n) is 7.50. The van der Waals surface area contributed by atoms with Gasteiger partial charge >= 0.3 is 5.63 Å². The Morgan fingerprint density at radius 2 is 1.86 bits per heavy atom. The Balaban J connectivity index is 1.69. The van der Waals surface area contributed by atoms with E-state index in [1.54, 1.807) is 17.4 Å². The Hall–Kier alpha value is -2.69. The summed E-state index contributed by atoms with van der Waals surface area (Å²) in [6, 6.07) is 19.2. The van der Waals surface area contributed by atoms with Gasteiger partial charge in [-0.15, -0.1) is 11.3 Å². The molecule has 0 aliphatic heterocycles. The molecule has 3 nitrogen and oxygen atoms in total. The smallest absolute Gasteiger partial charge is 0.336 e. The Morgan fingerprint density at radius 3 is 2.55 bits per heavy atom. The fourth-order valence-electron chi connectivity index (χ4n) is 3.78. The lowest BCUT2D eigenvalue weighted by Gasteiger charge is -2.16. The lowest BCUT2D eigenvalue weighted by atomic mass is 10.0. The molecular formula is C25H26NO2S+. The van der Waals surface area contributed by atoms with Gasteiger partial charge in [-0.25, -0.2) is 4.79 Å². The summed E-state index contributed by atoms with van der Waals surface area (Å²) in [5.41, 5.74) is 6.24. The Bertz CT molecular complexity index is 1170. The first kappa shape index (κ1) is 19.6. The minimum Gasteiger partial charge on any atom is -0.422 e. The third-order valence-corrected chi connectivity index (χ3v) is 6.64. The molecule has 0 saturated heterocycles. The first-order valence-corrected chi connectivity index (χ1v) is 10.9. The van der Waals surface area contributed by atoms with Gasteiger partial charge in [-0.3, -0.25) is 0 Å². The van der Waals surface area contributed by atoms with Crippen molar-refractivity contribution in [3.8, 4) is 0 Å². The van der Waals surface area contributed by atoms with Gasteiger partial charge in [0.15, 0.2) is 0 Å². The zero-order chi connectivity index (χ0) is 20.4. The molecule has 0 unspecified atom stereocenters. The zero-order valence-corrected chi connectivity index (χ0v) is 17.9. The van der Waals surface area contributed by atoms with E-state index in [-0.39, 0.29) is 11.7 Å². The molecule has 0 fully saturated rings. The minimum absolute atomic E-state index is 0.203. The van der Waals surface area contributed by atoms with E-state index in [0.29, 0.717) is 12.1 Å². The molecule has 0 saturated carbocycles. The molecular weight excluding hydrogens is 378 g/mol. The maximum atomic E-state index is 12.2. The van der Waals surface area contributed by atoms with E-state index in [1.165, 1.54) is 16.0 Å². The van der Waals surface area contributed by atoms with Crippen molar-refractivity contribution in [2.75, 3.05) is 0 Å². The molecule has 4 aromatic rings. The molecule has 2 aromatic carbocycles. The predicted molar refractivity (Wildman–Crippen MR) is 120 cm³/mol. The number of rotatable bonds is 6. The van der Waals surface area contributed by atoms with Gasteiger partial charge in [0.25, 0.3) is 0 Å². The molecule has 0 radical (unpaired) electrons. The average Bonchev–Trinajstić information content (AvgIpc) is 3.26. The van der Waals surface area contributed by atoms with Gasteiger partial charge in [0, 0.05) is 22.6 Å². The summed E-state index contributed by atoms with van der Waals surface area (Å²) in [7, 11) is 0. The van der Waals surface area contributed by atoms with Gasteiger partial charge < -0.3 is 9.73 Å². The van der Waals surface area contributed by atoms with Crippen molar-refractivity contribution < 1.29 is 9.73 Å². The van der Waals surface area contributed by atoms with Crippen LogP contribution in [0.25, 0.3) is 11.0 Å². The van der Waals surface area contributed by atoms with Gasteiger partial charge in [-0.05, 0) is 48.4 Å². The highest BCUT2D eigenvalue weighted by molar-refractivity contribution is 7.10. The molecule has 0 amide bonds. The van der Waals surface area contributed by atoms with Gasteiger partial charge in [-0.1, -0.05) is 49.4 Å². The van der Waals surface area contributed by atoms with Crippen molar-refractivity contribution in [1.82, 2.24) is 0 Å². The van der Waals surface area contributed by atoms with Crippen LogP contribution in [0.3, 0.4) is 0 Å². The van der Waals surface area contributed by atoms with E-state index in [1.807, 2.05) is 13.8 Å². The number of hydrogen-bond donors (Lipinski definition) is 1. The third-order valence-electron chi connectivity index (χ3n) is 5.69. The number of hydrogen-bond acceptors (Lipinski definition) is 3. The lowest BCUT2D eigenvalue weighted by molar-refractivity contribution is -0.701. The highest BCUT2D eigenvalue weighted by atomic mass is 32.1. The molecule has 2 aromatic heterocycles. The molecule has 4 heteroatoms. The maximum absolute atomic E-state index is 12.2. The number of nitrogens with two attached hydrogens (primary N) is 1. The molecule has 4 rings (SSSR count). The summed E-state index contributed by atoms with van der Waals surface area (Å²) in [4.78, 5) is 13.5. The third kappa shape index (κ3) is 4.04. The number of thiophene rings is 1. The normalized spacial score (nSPS) is 12.4. The lowest BCUT2D eigenvalue weighted by Crippen LogP contribution is -2.83. The van der Waals surface area contributed by atoms with Crippen molar-refractivity contribution in [3.63, 3.8) is 0 Å². The van der Waals surface area contributed by atoms with Crippen LogP contribution < -0.4 is 10.9 Å². The highest BCUT2D eigenvalue weighted by Gasteiger charge is 2.20. The van der Waals surface area contributed by atoms with Crippen LogP contribution in [0.5, 0.6) is 0 Å². The number of aryl methyl sites for hydroxylation is 3. The summed E-state index contributed by atoms with van der Waals surface area (Å²) in [5.74, 6) is 0. The summed E-state index contributed by atoms with van der Waals surface area (Å²) in [6.07, 6.45) is 1.04.